The Balaban J connectivity index is 1.23. The molecule has 1 fully saturated rings. The van der Waals surface area contributed by atoms with Crippen LogP contribution in [0.2, 0.25) is 0 Å². The van der Waals surface area contributed by atoms with Crippen LogP contribution in [0, 0.1) is 0 Å². The summed E-state index contributed by atoms with van der Waals surface area (Å²) in [6, 6.07) is 21.0. The Morgan fingerprint density at radius 3 is 2.48 bits per heavy atom. The van der Waals surface area contributed by atoms with Crippen LogP contribution < -0.4 is 10.6 Å². The Morgan fingerprint density at radius 2 is 1.74 bits per heavy atom. The first kappa shape index (κ1) is 17.3. The first-order chi connectivity index (χ1) is 13.3. The first-order valence-electron chi connectivity index (χ1n) is 9.45. The Morgan fingerprint density at radius 1 is 1.04 bits per heavy atom. The summed E-state index contributed by atoms with van der Waals surface area (Å²) in [6.45, 7) is 0.645. The Labute approximate surface area is 159 Å². The highest BCUT2D eigenvalue weighted by Gasteiger charge is 2.32. The van der Waals surface area contributed by atoms with Crippen molar-refractivity contribution in [2.24, 2.45) is 0 Å². The van der Waals surface area contributed by atoms with Crippen molar-refractivity contribution in [3.05, 3.63) is 78.8 Å². The number of rotatable bonds is 6. The zero-order valence-corrected chi connectivity index (χ0v) is 15.2. The lowest BCUT2D eigenvalue weighted by molar-refractivity contribution is 0.205. The molecule has 0 aliphatic heterocycles. The minimum atomic E-state index is -0.0803. The molecule has 1 saturated carbocycles. The summed E-state index contributed by atoms with van der Waals surface area (Å²) >= 11 is 0. The molecule has 27 heavy (non-hydrogen) atoms. The van der Waals surface area contributed by atoms with E-state index in [0.717, 1.165) is 25.0 Å². The molecule has 1 aliphatic carbocycles. The molecule has 1 aliphatic rings. The second-order valence-corrected chi connectivity index (χ2v) is 7.01. The highest BCUT2D eigenvalue weighted by atomic mass is 16.2. The molecule has 4 rings (SSSR count). The fourth-order valence-corrected chi connectivity index (χ4v) is 3.56. The van der Waals surface area contributed by atoms with Gasteiger partial charge in [0.1, 0.15) is 0 Å². The summed E-state index contributed by atoms with van der Waals surface area (Å²) < 4.78 is 2.22. The molecule has 1 aromatic heterocycles. The third kappa shape index (κ3) is 4.19. The molecule has 5 nitrogen and oxygen atoms in total. The van der Waals surface area contributed by atoms with E-state index in [9.17, 15) is 4.79 Å². The van der Waals surface area contributed by atoms with Crippen LogP contribution in [-0.2, 0) is 6.42 Å². The average Bonchev–Trinajstić information content (AvgIpc) is 3.15. The van der Waals surface area contributed by atoms with Crippen LogP contribution in [-0.4, -0.2) is 28.2 Å². The van der Waals surface area contributed by atoms with E-state index >= 15 is 0 Å². The van der Waals surface area contributed by atoms with Crippen LogP contribution >= 0.6 is 0 Å². The van der Waals surface area contributed by atoms with Crippen molar-refractivity contribution < 1.29 is 4.79 Å². The van der Waals surface area contributed by atoms with Crippen LogP contribution in [0.5, 0.6) is 0 Å². The van der Waals surface area contributed by atoms with Gasteiger partial charge >= 0.3 is 6.03 Å². The number of aromatic nitrogens is 2. The van der Waals surface area contributed by atoms with Gasteiger partial charge in [-0.05, 0) is 30.4 Å². The van der Waals surface area contributed by atoms with Crippen LogP contribution in [0.1, 0.15) is 24.4 Å². The molecule has 0 atom stereocenters. The summed E-state index contributed by atoms with van der Waals surface area (Å²) in [6.07, 6.45) is 6.51. The Bertz CT molecular complexity index is 870. The van der Waals surface area contributed by atoms with Gasteiger partial charge in [0, 0.05) is 18.6 Å². The normalized spacial score (nSPS) is 18.5. The fraction of sp³-hybridized carbons (Fsp3) is 0.273. The monoisotopic (exact) mass is 360 g/mol. The lowest BCUT2D eigenvalue weighted by atomic mass is 9.86. The average molecular weight is 360 g/mol. The molecular weight excluding hydrogens is 336 g/mol. The number of carbonyl (C=O) groups excluding carboxylic acids is 1. The molecule has 0 unspecified atom stereocenters. The molecule has 2 aromatic carbocycles. The van der Waals surface area contributed by atoms with Crippen LogP contribution in [0.4, 0.5) is 4.79 Å². The second-order valence-electron chi connectivity index (χ2n) is 7.01. The lowest BCUT2D eigenvalue weighted by Gasteiger charge is -2.37. The number of carbonyl (C=O) groups is 1. The van der Waals surface area contributed by atoms with Gasteiger partial charge in [-0.3, -0.25) is 0 Å². The van der Waals surface area contributed by atoms with E-state index in [2.05, 4.69) is 44.5 Å². The quantitative estimate of drug-likeness (QED) is 0.702. The lowest BCUT2D eigenvalue weighted by Crippen LogP contribution is -2.49. The van der Waals surface area contributed by atoms with Crippen LogP contribution in [0.3, 0.4) is 0 Å². The summed E-state index contributed by atoms with van der Waals surface area (Å²) in [5.41, 5.74) is 3.53. The number of hydrogen-bond donors (Lipinski definition) is 2. The highest BCUT2D eigenvalue weighted by Crippen LogP contribution is 2.35. The maximum atomic E-state index is 12.1. The Hall–Kier alpha value is -3.08. The van der Waals surface area contributed by atoms with Crippen molar-refractivity contribution in [1.82, 2.24) is 20.2 Å². The predicted octanol–water partition coefficient (Wildman–Crippen LogP) is 3.80. The number of benzene rings is 2. The number of nitrogens with one attached hydrogen (secondary N) is 2. The highest BCUT2D eigenvalue weighted by molar-refractivity contribution is 5.74. The van der Waals surface area contributed by atoms with E-state index in [0.29, 0.717) is 12.6 Å². The minimum absolute atomic E-state index is 0.0803. The SMILES string of the molecule is O=C(NCCc1ccccc1)NC1CC(n2cncc2-c2ccccc2)C1. The number of imidazole rings is 1. The third-order valence-electron chi connectivity index (χ3n) is 5.12. The number of amides is 2. The van der Waals surface area contributed by atoms with Gasteiger partial charge in [0.05, 0.1) is 18.2 Å². The molecule has 3 aromatic rings. The molecule has 0 radical (unpaired) electrons. The Kier molecular flexibility index (Phi) is 5.19. The molecule has 0 saturated heterocycles. The third-order valence-corrected chi connectivity index (χ3v) is 5.12. The van der Waals surface area contributed by atoms with Crippen molar-refractivity contribution in [2.45, 2.75) is 31.3 Å². The van der Waals surface area contributed by atoms with E-state index in [1.165, 1.54) is 11.1 Å². The zero-order chi connectivity index (χ0) is 18.5. The minimum Gasteiger partial charge on any atom is -0.338 e. The fourth-order valence-electron chi connectivity index (χ4n) is 3.56. The van der Waals surface area contributed by atoms with Gasteiger partial charge in [-0.2, -0.15) is 0 Å². The molecule has 5 heteroatoms. The molecule has 1 heterocycles. The van der Waals surface area contributed by atoms with Crippen molar-refractivity contribution in [3.63, 3.8) is 0 Å². The van der Waals surface area contributed by atoms with Crippen LogP contribution in [0.15, 0.2) is 73.2 Å². The number of nitrogens with zero attached hydrogens (tertiary/aromatic N) is 2. The van der Waals surface area contributed by atoms with Gasteiger partial charge in [-0.1, -0.05) is 60.7 Å². The van der Waals surface area contributed by atoms with Crippen molar-refractivity contribution in [3.8, 4) is 11.3 Å². The van der Waals surface area contributed by atoms with Gasteiger partial charge in [-0.15, -0.1) is 0 Å². The maximum absolute atomic E-state index is 12.1. The van der Waals surface area contributed by atoms with Crippen molar-refractivity contribution in [1.29, 1.82) is 0 Å². The van der Waals surface area contributed by atoms with Gasteiger partial charge in [-0.25, -0.2) is 9.78 Å². The van der Waals surface area contributed by atoms with Crippen molar-refractivity contribution in [2.75, 3.05) is 6.54 Å². The van der Waals surface area contributed by atoms with Crippen molar-refractivity contribution >= 4 is 6.03 Å². The largest absolute Gasteiger partial charge is 0.338 e. The molecule has 138 valence electrons. The number of hydrogen-bond acceptors (Lipinski definition) is 2. The molecule has 0 bridgehead atoms. The second kappa shape index (κ2) is 8.08. The predicted molar refractivity (Wildman–Crippen MR) is 106 cm³/mol. The van der Waals surface area contributed by atoms with Gasteiger partial charge in [0.25, 0.3) is 0 Å². The summed E-state index contributed by atoms with van der Waals surface area (Å²) in [5.74, 6) is 0. The standard InChI is InChI=1S/C22H24N4O/c27-22(24-12-11-17-7-3-1-4-8-17)25-19-13-20(14-19)26-16-23-15-21(26)18-9-5-2-6-10-18/h1-10,15-16,19-20H,11-14H2,(H2,24,25,27). The number of urea groups is 1. The molecule has 2 N–H and O–H groups in total. The zero-order valence-electron chi connectivity index (χ0n) is 15.2. The van der Waals surface area contributed by atoms with Crippen LogP contribution in [0.25, 0.3) is 11.3 Å². The molecular formula is C22H24N4O. The maximum Gasteiger partial charge on any atom is 0.315 e. The summed E-state index contributed by atoms with van der Waals surface area (Å²) in [4.78, 5) is 16.4. The van der Waals surface area contributed by atoms with E-state index in [1.54, 1.807) is 0 Å². The van der Waals surface area contributed by atoms with Gasteiger partial charge < -0.3 is 15.2 Å². The van der Waals surface area contributed by atoms with E-state index in [1.807, 2.05) is 48.9 Å². The van der Waals surface area contributed by atoms with E-state index in [4.69, 9.17) is 0 Å². The molecule has 2 amide bonds. The summed E-state index contributed by atoms with van der Waals surface area (Å²) in [7, 11) is 0. The van der Waals surface area contributed by atoms with Gasteiger partial charge in [0.15, 0.2) is 0 Å². The molecule has 0 spiro atoms. The first-order valence-corrected chi connectivity index (χ1v) is 9.45. The van der Waals surface area contributed by atoms with E-state index < -0.39 is 0 Å². The van der Waals surface area contributed by atoms with Gasteiger partial charge in [0.2, 0.25) is 0 Å². The topological polar surface area (TPSA) is 59.0 Å². The summed E-state index contributed by atoms with van der Waals surface area (Å²) in [5, 5.41) is 6.02. The smallest absolute Gasteiger partial charge is 0.315 e. The van der Waals surface area contributed by atoms with E-state index in [-0.39, 0.29) is 12.1 Å².